The van der Waals surface area contributed by atoms with Crippen LogP contribution in [0.1, 0.15) is 54.1 Å². The van der Waals surface area contributed by atoms with Gasteiger partial charge in [-0.3, -0.25) is 4.79 Å². The first-order valence-corrected chi connectivity index (χ1v) is 7.43. The molecule has 1 fully saturated rings. The maximum Gasteiger partial charge on any atom is 0.254 e. The Morgan fingerprint density at radius 1 is 1.30 bits per heavy atom. The number of nitrogens with zero attached hydrogens (tertiary/aromatic N) is 1. The Balaban J connectivity index is 0.00000147. The third-order valence-corrected chi connectivity index (χ3v) is 4.44. The van der Waals surface area contributed by atoms with Crippen molar-refractivity contribution in [1.82, 2.24) is 10.2 Å². The van der Waals surface area contributed by atoms with Crippen LogP contribution < -0.4 is 5.32 Å². The maximum atomic E-state index is 12.7. The molecule has 1 unspecified atom stereocenters. The number of carbonyl (C=O) groups excluding carboxylic acids is 1. The van der Waals surface area contributed by atoms with Crippen LogP contribution in [0.4, 0.5) is 0 Å². The molecule has 2 aliphatic rings. The Kier molecular flexibility index (Phi) is 5.06. The Morgan fingerprint density at radius 3 is 2.90 bits per heavy atom. The second-order valence-electron chi connectivity index (χ2n) is 5.64. The van der Waals surface area contributed by atoms with E-state index < -0.39 is 0 Å². The summed E-state index contributed by atoms with van der Waals surface area (Å²) in [4.78, 5) is 14.8. The molecule has 3 rings (SSSR count). The molecular weight excluding hydrogens is 272 g/mol. The fourth-order valence-electron chi connectivity index (χ4n) is 3.29. The number of likely N-dealkylation sites (tertiary alicyclic amines) is 1. The SMILES string of the molecule is CCC1CCCCN1C(=O)c1ccc2c(c1)CNC2.Cl. The van der Waals surface area contributed by atoms with Crippen molar-refractivity contribution >= 4 is 18.3 Å². The number of hydrogen-bond acceptors (Lipinski definition) is 2. The van der Waals surface area contributed by atoms with Crippen LogP contribution in [-0.2, 0) is 13.1 Å². The van der Waals surface area contributed by atoms with E-state index in [1.165, 1.54) is 17.5 Å². The zero-order valence-electron chi connectivity index (χ0n) is 12.0. The number of fused-ring (bicyclic) bond motifs is 1. The minimum atomic E-state index is 0. The van der Waals surface area contributed by atoms with Crippen molar-refractivity contribution in [3.8, 4) is 0 Å². The van der Waals surface area contributed by atoms with Crippen LogP contribution in [-0.4, -0.2) is 23.4 Å². The highest BCUT2D eigenvalue weighted by Crippen LogP contribution is 2.23. The molecule has 20 heavy (non-hydrogen) atoms. The van der Waals surface area contributed by atoms with Gasteiger partial charge in [0, 0.05) is 31.2 Å². The summed E-state index contributed by atoms with van der Waals surface area (Å²) in [7, 11) is 0. The van der Waals surface area contributed by atoms with E-state index >= 15 is 0 Å². The van der Waals surface area contributed by atoms with Gasteiger partial charge in [0.05, 0.1) is 0 Å². The lowest BCUT2D eigenvalue weighted by molar-refractivity contribution is 0.0608. The molecule has 0 saturated carbocycles. The molecule has 2 aliphatic heterocycles. The molecule has 0 spiro atoms. The number of benzene rings is 1. The third-order valence-electron chi connectivity index (χ3n) is 4.44. The summed E-state index contributed by atoms with van der Waals surface area (Å²) in [5, 5.41) is 3.33. The smallest absolute Gasteiger partial charge is 0.254 e. The van der Waals surface area contributed by atoms with Crippen LogP contribution in [0, 0.1) is 0 Å². The van der Waals surface area contributed by atoms with Crippen LogP contribution in [0.5, 0.6) is 0 Å². The van der Waals surface area contributed by atoms with Gasteiger partial charge in [0.2, 0.25) is 0 Å². The molecule has 0 aliphatic carbocycles. The summed E-state index contributed by atoms with van der Waals surface area (Å²) in [6.45, 7) is 4.94. The number of nitrogens with one attached hydrogen (secondary N) is 1. The largest absolute Gasteiger partial charge is 0.336 e. The fraction of sp³-hybridized carbons (Fsp3) is 0.562. The predicted molar refractivity (Wildman–Crippen MR) is 83.2 cm³/mol. The van der Waals surface area contributed by atoms with Crippen molar-refractivity contribution < 1.29 is 4.79 Å². The Bertz CT molecular complexity index is 489. The second-order valence-corrected chi connectivity index (χ2v) is 5.64. The molecule has 2 heterocycles. The van der Waals surface area contributed by atoms with Gasteiger partial charge in [-0.05, 0) is 48.9 Å². The lowest BCUT2D eigenvalue weighted by Gasteiger charge is -2.35. The molecule has 1 atom stereocenters. The van der Waals surface area contributed by atoms with Gasteiger partial charge in [0.25, 0.3) is 5.91 Å². The summed E-state index contributed by atoms with van der Waals surface area (Å²) in [5.74, 6) is 0.223. The van der Waals surface area contributed by atoms with Gasteiger partial charge in [-0.1, -0.05) is 13.0 Å². The summed E-state index contributed by atoms with van der Waals surface area (Å²) in [6, 6.07) is 6.62. The minimum absolute atomic E-state index is 0. The lowest BCUT2D eigenvalue weighted by Crippen LogP contribution is -2.43. The van der Waals surface area contributed by atoms with Gasteiger partial charge in [-0.25, -0.2) is 0 Å². The van der Waals surface area contributed by atoms with E-state index in [0.717, 1.165) is 44.5 Å². The topological polar surface area (TPSA) is 32.3 Å². The number of hydrogen-bond donors (Lipinski definition) is 1. The van der Waals surface area contributed by atoms with Gasteiger partial charge in [-0.15, -0.1) is 12.4 Å². The van der Waals surface area contributed by atoms with E-state index in [4.69, 9.17) is 0 Å². The number of amides is 1. The van der Waals surface area contributed by atoms with E-state index in [0.29, 0.717) is 6.04 Å². The highest BCUT2D eigenvalue weighted by atomic mass is 35.5. The van der Waals surface area contributed by atoms with E-state index in [-0.39, 0.29) is 18.3 Å². The zero-order chi connectivity index (χ0) is 13.2. The minimum Gasteiger partial charge on any atom is -0.336 e. The number of carbonyl (C=O) groups is 1. The summed E-state index contributed by atoms with van der Waals surface area (Å²) in [6.07, 6.45) is 4.64. The number of halogens is 1. The van der Waals surface area contributed by atoms with Crippen molar-refractivity contribution in [2.75, 3.05) is 6.54 Å². The van der Waals surface area contributed by atoms with E-state index in [1.807, 2.05) is 6.07 Å². The number of piperidine rings is 1. The average Bonchev–Trinajstić information content (AvgIpc) is 2.93. The molecule has 110 valence electrons. The first-order valence-electron chi connectivity index (χ1n) is 7.43. The molecular formula is C16H23ClN2O. The summed E-state index contributed by atoms with van der Waals surface area (Å²) >= 11 is 0. The molecule has 0 aromatic heterocycles. The quantitative estimate of drug-likeness (QED) is 0.909. The molecule has 1 aromatic carbocycles. The molecule has 0 bridgehead atoms. The Hall–Kier alpha value is -1.06. The van der Waals surface area contributed by atoms with Gasteiger partial charge in [0.1, 0.15) is 0 Å². The summed E-state index contributed by atoms with van der Waals surface area (Å²) < 4.78 is 0. The van der Waals surface area contributed by atoms with Gasteiger partial charge in [0.15, 0.2) is 0 Å². The molecule has 1 aromatic rings. The average molecular weight is 295 g/mol. The molecule has 3 nitrogen and oxygen atoms in total. The lowest BCUT2D eigenvalue weighted by atomic mass is 9.98. The monoisotopic (exact) mass is 294 g/mol. The molecule has 1 amide bonds. The molecule has 0 radical (unpaired) electrons. The van der Waals surface area contributed by atoms with E-state index in [9.17, 15) is 4.79 Å². The van der Waals surface area contributed by atoms with Crippen LogP contribution in [0.2, 0.25) is 0 Å². The highest BCUT2D eigenvalue weighted by molar-refractivity contribution is 5.94. The van der Waals surface area contributed by atoms with E-state index in [2.05, 4.69) is 29.3 Å². The third kappa shape index (κ3) is 2.84. The maximum absolute atomic E-state index is 12.7. The van der Waals surface area contributed by atoms with Crippen molar-refractivity contribution in [3.63, 3.8) is 0 Å². The van der Waals surface area contributed by atoms with Crippen LogP contribution in [0.3, 0.4) is 0 Å². The first-order chi connectivity index (χ1) is 9.29. The zero-order valence-corrected chi connectivity index (χ0v) is 12.8. The number of rotatable bonds is 2. The van der Waals surface area contributed by atoms with Gasteiger partial charge in [-0.2, -0.15) is 0 Å². The second kappa shape index (κ2) is 6.59. The normalized spacial score (nSPS) is 21.2. The van der Waals surface area contributed by atoms with Crippen molar-refractivity contribution in [2.45, 2.75) is 51.7 Å². The Labute approximate surface area is 127 Å². The van der Waals surface area contributed by atoms with Crippen molar-refractivity contribution in [3.05, 3.63) is 34.9 Å². The molecule has 1 saturated heterocycles. The highest BCUT2D eigenvalue weighted by Gasteiger charge is 2.26. The van der Waals surface area contributed by atoms with Crippen LogP contribution in [0.25, 0.3) is 0 Å². The summed E-state index contributed by atoms with van der Waals surface area (Å²) in [5.41, 5.74) is 3.49. The van der Waals surface area contributed by atoms with Crippen LogP contribution >= 0.6 is 12.4 Å². The van der Waals surface area contributed by atoms with Gasteiger partial charge >= 0.3 is 0 Å². The Morgan fingerprint density at radius 2 is 2.10 bits per heavy atom. The molecule has 1 N–H and O–H groups in total. The van der Waals surface area contributed by atoms with Crippen LogP contribution in [0.15, 0.2) is 18.2 Å². The molecule has 4 heteroatoms. The van der Waals surface area contributed by atoms with Gasteiger partial charge < -0.3 is 10.2 Å². The van der Waals surface area contributed by atoms with Crippen molar-refractivity contribution in [1.29, 1.82) is 0 Å². The predicted octanol–water partition coefficient (Wildman–Crippen LogP) is 3.12. The first kappa shape index (κ1) is 15.3. The van der Waals surface area contributed by atoms with Crippen molar-refractivity contribution in [2.24, 2.45) is 0 Å². The van der Waals surface area contributed by atoms with E-state index in [1.54, 1.807) is 0 Å². The standard InChI is InChI=1S/C16H22N2O.ClH/c1-2-15-5-3-4-8-18(15)16(19)12-6-7-13-10-17-11-14(13)9-12;/h6-7,9,15,17H,2-5,8,10-11H2,1H3;1H. The fourth-order valence-corrected chi connectivity index (χ4v) is 3.29.